The molecule has 2 heterocycles. The summed E-state index contributed by atoms with van der Waals surface area (Å²) < 4.78 is 42.3. The summed E-state index contributed by atoms with van der Waals surface area (Å²) in [6.07, 6.45) is -3.25. The van der Waals surface area contributed by atoms with Crippen molar-refractivity contribution < 1.29 is 27.9 Å². The summed E-state index contributed by atoms with van der Waals surface area (Å²) in [7, 11) is 1.14. The van der Waals surface area contributed by atoms with Gasteiger partial charge in [-0.15, -0.1) is 0 Å². The molecule has 0 saturated carbocycles. The van der Waals surface area contributed by atoms with Crippen molar-refractivity contribution in [2.75, 3.05) is 25.5 Å². The number of carboxylic acid groups (broad SMARTS) is 1. The van der Waals surface area contributed by atoms with Gasteiger partial charge in [0.1, 0.15) is 0 Å². The zero-order chi connectivity index (χ0) is 26.3. The number of hydrogen-bond donors (Lipinski definition) is 2. The molecule has 2 N–H and O–H groups in total. The van der Waals surface area contributed by atoms with Crippen molar-refractivity contribution in [3.05, 3.63) is 59.4 Å². The number of benzene rings is 1. The largest absolute Gasteiger partial charge is 0.465 e. The third-order valence-corrected chi connectivity index (χ3v) is 7.57. The molecule has 0 radical (unpaired) electrons. The first kappa shape index (κ1) is 25.8. The second-order valence-corrected chi connectivity index (χ2v) is 10.2. The number of alkyl halides is 3. The molecular formula is C26H31F3N4O3. The molecule has 36 heavy (non-hydrogen) atoms. The number of halogens is 3. The number of piperidine rings is 1. The summed E-state index contributed by atoms with van der Waals surface area (Å²) in [5, 5.41) is 12.5. The van der Waals surface area contributed by atoms with Crippen molar-refractivity contribution in [3.8, 4) is 0 Å². The normalized spacial score (nSPS) is 20.5. The maximum absolute atomic E-state index is 14.1. The van der Waals surface area contributed by atoms with Crippen molar-refractivity contribution in [2.45, 2.75) is 56.8 Å². The molecule has 1 aliphatic heterocycles. The zero-order valence-corrected chi connectivity index (χ0v) is 20.5. The third kappa shape index (κ3) is 4.99. The van der Waals surface area contributed by atoms with Gasteiger partial charge in [-0.2, -0.15) is 13.2 Å². The molecular weight excluding hydrogens is 473 g/mol. The first-order valence-electron chi connectivity index (χ1n) is 12.0. The van der Waals surface area contributed by atoms with Crippen LogP contribution in [-0.2, 0) is 16.6 Å². The lowest BCUT2D eigenvalue weighted by molar-refractivity contribution is -0.191. The minimum atomic E-state index is -4.72. The number of carbonyl (C=O) groups is 2. The van der Waals surface area contributed by atoms with Gasteiger partial charge < -0.3 is 20.2 Å². The van der Waals surface area contributed by atoms with E-state index in [1.807, 2.05) is 12.1 Å². The maximum atomic E-state index is 14.1. The maximum Gasteiger partial charge on any atom is 0.414 e. The topological polar surface area (TPSA) is 85.8 Å². The van der Waals surface area contributed by atoms with E-state index in [9.17, 15) is 22.8 Å². The van der Waals surface area contributed by atoms with Crippen molar-refractivity contribution in [1.29, 1.82) is 0 Å². The second kappa shape index (κ2) is 9.63. The highest BCUT2D eigenvalue weighted by molar-refractivity contribution is 5.79. The van der Waals surface area contributed by atoms with Crippen LogP contribution in [0.3, 0.4) is 0 Å². The van der Waals surface area contributed by atoms with Crippen LogP contribution in [-0.4, -0.2) is 64.2 Å². The second-order valence-electron chi connectivity index (χ2n) is 10.2. The highest BCUT2D eigenvalue weighted by Gasteiger charge is 2.47. The van der Waals surface area contributed by atoms with Gasteiger partial charge in [0.05, 0.1) is 17.6 Å². The van der Waals surface area contributed by atoms with E-state index in [1.165, 1.54) is 28.3 Å². The number of carbonyl (C=O) groups excluding carboxylic acids is 1. The molecule has 1 aromatic carbocycles. The standard InChI is InChI=1S/C26H31F3N4O3/c1-25(2)19-7-5-4-6-17(19)14-21(25)31-18-8-9-20(30-15-18)22(26(27,28)29)32(3)23(34)16-10-12-33(13-11-16)24(35)36/h4-9,15-16,21-22,31H,10-14H2,1-3H3,(H,35,36)/t21-,22?/m0/s1. The summed E-state index contributed by atoms with van der Waals surface area (Å²) in [5.74, 6) is -1.32. The fourth-order valence-corrected chi connectivity index (χ4v) is 5.39. The molecule has 4 rings (SSSR count). The lowest BCUT2D eigenvalue weighted by atomic mass is 9.83. The Balaban J connectivity index is 1.47. The summed E-state index contributed by atoms with van der Waals surface area (Å²) >= 11 is 0. The van der Waals surface area contributed by atoms with Gasteiger partial charge in [0, 0.05) is 37.5 Å². The van der Waals surface area contributed by atoms with Crippen molar-refractivity contribution >= 4 is 17.7 Å². The fourth-order valence-electron chi connectivity index (χ4n) is 5.39. The van der Waals surface area contributed by atoms with E-state index in [0.717, 1.165) is 13.5 Å². The van der Waals surface area contributed by atoms with E-state index in [-0.39, 0.29) is 43.1 Å². The van der Waals surface area contributed by atoms with Crippen LogP contribution >= 0.6 is 0 Å². The molecule has 1 unspecified atom stereocenters. The van der Waals surface area contributed by atoms with E-state index in [0.29, 0.717) is 10.6 Å². The molecule has 1 saturated heterocycles. The minimum absolute atomic E-state index is 0.0573. The van der Waals surface area contributed by atoms with Crippen LogP contribution in [0.1, 0.15) is 49.6 Å². The predicted molar refractivity (Wildman–Crippen MR) is 129 cm³/mol. The molecule has 2 aliphatic rings. The Kier molecular flexibility index (Phi) is 6.90. The predicted octanol–water partition coefficient (Wildman–Crippen LogP) is 4.85. The molecule has 1 fully saturated rings. The van der Waals surface area contributed by atoms with Gasteiger partial charge in [-0.25, -0.2) is 4.79 Å². The number of anilines is 1. The summed E-state index contributed by atoms with van der Waals surface area (Å²) in [5.41, 5.74) is 2.68. The number of rotatable bonds is 5. The molecule has 194 valence electrons. The van der Waals surface area contributed by atoms with E-state index in [2.05, 4.69) is 36.3 Å². The monoisotopic (exact) mass is 504 g/mol. The minimum Gasteiger partial charge on any atom is -0.465 e. The first-order valence-corrected chi connectivity index (χ1v) is 12.0. The molecule has 10 heteroatoms. The Morgan fingerprint density at radius 3 is 2.39 bits per heavy atom. The van der Waals surface area contributed by atoms with Gasteiger partial charge in [-0.1, -0.05) is 38.1 Å². The molecule has 2 atom stereocenters. The number of fused-ring (bicyclic) bond motifs is 1. The summed E-state index contributed by atoms with van der Waals surface area (Å²) in [6, 6.07) is 8.94. The van der Waals surface area contributed by atoms with E-state index < -0.39 is 30.1 Å². The first-order chi connectivity index (χ1) is 16.9. The van der Waals surface area contributed by atoms with E-state index in [1.54, 1.807) is 6.07 Å². The molecule has 2 aromatic rings. The summed E-state index contributed by atoms with van der Waals surface area (Å²) in [4.78, 5) is 30.0. The number of aromatic nitrogens is 1. The van der Waals surface area contributed by atoms with Crippen LogP contribution in [0.15, 0.2) is 42.6 Å². The van der Waals surface area contributed by atoms with Gasteiger partial charge in [-0.3, -0.25) is 9.78 Å². The number of pyridine rings is 1. The van der Waals surface area contributed by atoms with Crippen LogP contribution in [0.2, 0.25) is 0 Å². The van der Waals surface area contributed by atoms with E-state index >= 15 is 0 Å². The zero-order valence-electron chi connectivity index (χ0n) is 20.5. The lowest BCUT2D eigenvalue weighted by Gasteiger charge is -2.35. The third-order valence-electron chi connectivity index (χ3n) is 7.57. The van der Waals surface area contributed by atoms with Crippen molar-refractivity contribution in [2.24, 2.45) is 5.92 Å². The van der Waals surface area contributed by atoms with E-state index in [4.69, 9.17) is 5.11 Å². The van der Waals surface area contributed by atoms with Crippen LogP contribution < -0.4 is 5.32 Å². The molecule has 0 bridgehead atoms. The van der Waals surface area contributed by atoms with Crippen LogP contribution in [0.4, 0.5) is 23.7 Å². The van der Waals surface area contributed by atoms with Gasteiger partial charge >= 0.3 is 12.3 Å². The smallest absolute Gasteiger partial charge is 0.414 e. The number of nitrogens with zero attached hydrogens (tertiary/aromatic N) is 3. The Morgan fingerprint density at radius 1 is 1.17 bits per heavy atom. The number of nitrogens with one attached hydrogen (secondary N) is 1. The van der Waals surface area contributed by atoms with Gasteiger partial charge in [0.2, 0.25) is 5.91 Å². The SMILES string of the molecule is CN(C(=O)C1CCN(C(=O)O)CC1)C(c1ccc(N[C@H]2Cc3ccccc3C2(C)C)cn1)C(F)(F)F. The van der Waals surface area contributed by atoms with Crippen molar-refractivity contribution in [3.63, 3.8) is 0 Å². The van der Waals surface area contributed by atoms with Gasteiger partial charge in [0.15, 0.2) is 6.04 Å². The summed E-state index contributed by atoms with van der Waals surface area (Å²) in [6.45, 7) is 4.52. The van der Waals surface area contributed by atoms with Crippen LogP contribution in [0, 0.1) is 5.92 Å². The number of amides is 2. The Bertz CT molecular complexity index is 1110. The highest BCUT2D eigenvalue weighted by Crippen LogP contribution is 2.41. The lowest BCUT2D eigenvalue weighted by Crippen LogP contribution is -2.46. The Morgan fingerprint density at radius 2 is 1.83 bits per heavy atom. The average molecular weight is 505 g/mol. The molecule has 2 amide bonds. The molecule has 0 spiro atoms. The highest BCUT2D eigenvalue weighted by atomic mass is 19.4. The van der Waals surface area contributed by atoms with Gasteiger partial charge in [-0.05, 0) is 42.5 Å². The van der Waals surface area contributed by atoms with Crippen LogP contribution in [0.5, 0.6) is 0 Å². The van der Waals surface area contributed by atoms with Gasteiger partial charge in [0.25, 0.3) is 0 Å². The molecule has 1 aromatic heterocycles. The van der Waals surface area contributed by atoms with Crippen LogP contribution in [0.25, 0.3) is 0 Å². The number of likely N-dealkylation sites (tertiary alicyclic amines) is 1. The Hall–Kier alpha value is -3.30. The Labute approximate surface area is 208 Å². The van der Waals surface area contributed by atoms with Crippen molar-refractivity contribution in [1.82, 2.24) is 14.8 Å². The number of hydrogen-bond acceptors (Lipinski definition) is 4. The quantitative estimate of drug-likeness (QED) is 0.608. The fraction of sp³-hybridized carbons (Fsp3) is 0.500. The molecule has 1 aliphatic carbocycles. The molecule has 7 nitrogen and oxygen atoms in total. The average Bonchev–Trinajstić information content (AvgIpc) is 3.08.